The number of carboxylic acid groups (broad SMARTS) is 1. The summed E-state index contributed by atoms with van der Waals surface area (Å²) in [4.78, 5) is 42.6. The lowest BCUT2D eigenvalue weighted by atomic mass is 9.99. The first kappa shape index (κ1) is 23.7. The summed E-state index contributed by atoms with van der Waals surface area (Å²) in [6.45, 7) is 3.70. The summed E-state index contributed by atoms with van der Waals surface area (Å²) < 4.78 is 11.1. The largest absolute Gasteiger partial charge is 0.480 e. The van der Waals surface area contributed by atoms with Crippen LogP contribution >= 0.6 is 23.4 Å². The van der Waals surface area contributed by atoms with Crippen molar-refractivity contribution >= 4 is 46.9 Å². The predicted molar refractivity (Wildman–Crippen MR) is 104 cm³/mol. The first-order valence-corrected chi connectivity index (χ1v) is 10.5. The van der Waals surface area contributed by atoms with Crippen molar-refractivity contribution in [1.29, 1.82) is 0 Å². The highest BCUT2D eigenvalue weighted by atomic mass is 35.5. The molecule has 2 rings (SSSR count). The van der Waals surface area contributed by atoms with Crippen LogP contribution < -0.4 is 5.32 Å². The van der Waals surface area contributed by atoms with Crippen molar-refractivity contribution in [3.63, 3.8) is 0 Å². The number of ether oxygens (including phenoxy) is 2. The van der Waals surface area contributed by atoms with Gasteiger partial charge >= 0.3 is 5.97 Å². The SMILES string of the molecule is CCOC(CCl)(OCC)C(=NOC)C(=O)NC1C(=O)N2C(C(=O)O)C(O)CS[C@H]12. The van der Waals surface area contributed by atoms with Crippen LogP contribution in [0.15, 0.2) is 5.16 Å². The van der Waals surface area contributed by atoms with Crippen LogP contribution in [0, 0.1) is 0 Å². The molecular formula is C16H24ClN3O8S. The van der Waals surface area contributed by atoms with E-state index in [0.29, 0.717) is 0 Å². The molecule has 2 heterocycles. The number of alkyl halides is 1. The molecule has 0 radical (unpaired) electrons. The van der Waals surface area contributed by atoms with Crippen LogP contribution in [0.5, 0.6) is 0 Å². The Morgan fingerprint density at radius 2 is 2.00 bits per heavy atom. The number of hydrogen-bond donors (Lipinski definition) is 3. The molecule has 0 bridgehead atoms. The van der Waals surface area contributed by atoms with Gasteiger partial charge in [-0.3, -0.25) is 9.59 Å². The Kier molecular flexibility index (Phi) is 8.11. The van der Waals surface area contributed by atoms with Crippen molar-refractivity contribution in [2.24, 2.45) is 5.16 Å². The smallest absolute Gasteiger partial charge is 0.329 e. The Morgan fingerprint density at radius 1 is 1.38 bits per heavy atom. The van der Waals surface area contributed by atoms with E-state index in [0.717, 1.165) is 4.90 Å². The van der Waals surface area contributed by atoms with Gasteiger partial charge in [0, 0.05) is 19.0 Å². The number of rotatable bonds is 10. The Balaban J connectivity index is 2.22. The number of carbonyl (C=O) groups excluding carboxylic acids is 2. The van der Waals surface area contributed by atoms with E-state index in [1.807, 2.05) is 0 Å². The molecule has 4 atom stereocenters. The lowest BCUT2D eigenvalue weighted by Crippen LogP contribution is -2.77. The number of fused-ring (bicyclic) bond motifs is 1. The number of amides is 2. The summed E-state index contributed by atoms with van der Waals surface area (Å²) in [6.07, 6.45) is -1.19. The second kappa shape index (κ2) is 9.94. The van der Waals surface area contributed by atoms with Crippen LogP contribution in [0.25, 0.3) is 0 Å². The standard InChI is InChI=1S/C16H24ClN3O8S/c1-4-27-16(7-17,28-5-2)11(19-26-3)12(22)18-9-13(23)20-10(15(24)25)8(21)6-29-14(9)20/h8-10,14,21H,4-7H2,1-3H3,(H,18,22)(H,24,25)/t8?,9?,10?,14-/m1/s1. The maximum atomic E-state index is 12.9. The minimum absolute atomic E-state index is 0.111. The molecule has 164 valence electrons. The van der Waals surface area contributed by atoms with Gasteiger partial charge in [-0.25, -0.2) is 4.79 Å². The molecule has 29 heavy (non-hydrogen) atoms. The first-order valence-electron chi connectivity index (χ1n) is 8.88. The van der Waals surface area contributed by atoms with E-state index in [2.05, 4.69) is 10.5 Å². The molecular weight excluding hydrogens is 430 g/mol. The number of oxime groups is 1. The molecule has 3 unspecified atom stereocenters. The fourth-order valence-corrected chi connectivity index (χ4v) is 4.85. The lowest BCUT2D eigenvalue weighted by molar-refractivity contribution is -0.173. The van der Waals surface area contributed by atoms with Gasteiger partial charge in [-0.2, -0.15) is 0 Å². The molecule has 2 aliphatic heterocycles. The van der Waals surface area contributed by atoms with Crippen LogP contribution in [0.2, 0.25) is 0 Å². The van der Waals surface area contributed by atoms with Crippen LogP contribution in [-0.2, 0) is 28.7 Å². The first-order chi connectivity index (χ1) is 13.8. The summed E-state index contributed by atoms with van der Waals surface area (Å²) in [5.41, 5.74) is -0.305. The molecule has 0 aliphatic carbocycles. The second-order valence-electron chi connectivity index (χ2n) is 6.15. The van der Waals surface area contributed by atoms with Gasteiger partial charge < -0.3 is 34.7 Å². The molecule has 2 amide bonds. The van der Waals surface area contributed by atoms with E-state index >= 15 is 0 Å². The number of halogens is 1. The van der Waals surface area contributed by atoms with Crippen molar-refractivity contribution in [1.82, 2.24) is 10.2 Å². The number of aliphatic hydroxyl groups is 1. The number of thioether (sulfide) groups is 1. The molecule has 11 nitrogen and oxygen atoms in total. The molecule has 0 saturated carbocycles. The Labute approximate surface area is 176 Å². The highest BCUT2D eigenvalue weighted by Crippen LogP contribution is 2.38. The number of nitrogens with one attached hydrogen (secondary N) is 1. The van der Waals surface area contributed by atoms with Gasteiger partial charge in [-0.15, -0.1) is 23.4 Å². The molecule has 0 aromatic heterocycles. The van der Waals surface area contributed by atoms with Crippen molar-refractivity contribution < 1.29 is 38.9 Å². The molecule has 2 saturated heterocycles. The third-order valence-electron chi connectivity index (χ3n) is 4.41. The third-order valence-corrected chi connectivity index (χ3v) is 6.14. The van der Waals surface area contributed by atoms with Gasteiger partial charge in [0.2, 0.25) is 17.4 Å². The van der Waals surface area contributed by atoms with Crippen LogP contribution in [-0.4, -0.2) is 99.9 Å². The lowest BCUT2D eigenvalue weighted by Gasteiger charge is -2.53. The van der Waals surface area contributed by atoms with Crippen LogP contribution in [0.4, 0.5) is 0 Å². The molecule has 2 aliphatic rings. The highest BCUT2D eigenvalue weighted by Gasteiger charge is 2.58. The Hall–Kier alpha value is -1.60. The highest BCUT2D eigenvalue weighted by molar-refractivity contribution is 8.00. The van der Waals surface area contributed by atoms with Crippen LogP contribution in [0.3, 0.4) is 0 Å². The van der Waals surface area contributed by atoms with E-state index in [1.54, 1.807) is 13.8 Å². The fraction of sp³-hybridized carbons (Fsp3) is 0.750. The summed E-state index contributed by atoms with van der Waals surface area (Å²) >= 11 is 7.18. The van der Waals surface area contributed by atoms with Gasteiger partial charge in [0.15, 0.2) is 6.04 Å². The van der Waals surface area contributed by atoms with Crippen molar-refractivity contribution in [3.05, 3.63) is 0 Å². The minimum atomic E-state index is -1.68. The van der Waals surface area contributed by atoms with Crippen LogP contribution in [0.1, 0.15) is 13.8 Å². The zero-order chi connectivity index (χ0) is 21.8. The van der Waals surface area contributed by atoms with E-state index in [9.17, 15) is 24.6 Å². The zero-order valence-corrected chi connectivity index (χ0v) is 17.7. The predicted octanol–water partition coefficient (Wildman–Crippen LogP) is -0.789. The van der Waals surface area contributed by atoms with E-state index < -0.39 is 47.1 Å². The molecule has 2 fully saturated rings. The number of nitrogens with zero attached hydrogens (tertiary/aromatic N) is 2. The zero-order valence-electron chi connectivity index (χ0n) is 16.2. The molecule has 13 heteroatoms. The number of aliphatic carboxylic acids is 1. The number of hydrogen-bond acceptors (Lipinski definition) is 9. The topological polar surface area (TPSA) is 147 Å². The van der Waals surface area contributed by atoms with Gasteiger partial charge in [0.1, 0.15) is 18.5 Å². The minimum Gasteiger partial charge on any atom is -0.480 e. The van der Waals surface area contributed by atoms with Gasteiger partial charge in [0.25, 0.3) is 5.91 Å². The Morgan fingerprint density at radius 3 is 2.48 bits per heavy atom. The quantitative estimate of drug-likeness (QED) is 0.127. The maximum absolute atomic E-state index is 12.9. The molecule has 0 spiro atoms. The average Bonchev–Trinajstić information content (AvgIpc) is 2.69. The van der Waals surface area contributed by atoms with Crippen molar-refractivity contribution in [2.75, 3.05) is 32.0 Å². The van der Waals surface area contributed by atoms with Gasteiger partial charge in [0.05, 0.1) is 12.0 Å². The van der Waals surface area contributed by atoms with E-state index in [4.69, 9.17) is 25.9 Å². The number of β-lactam (4-membered cyclic amide) rings is 1. The monoisotopic (exact) mass is 453 g/mol. The number of carboxylic acids is 1. The second-order valence-corrected chi connectivity index (χ2v) is 7.56. The molecule has 0 aromatic rings. The summed E-state index contributed by atoms with van der Waals surface area (Å²) in [7, 11) is 1.23. The summed E-state index contributed by atoms with van der Waals surface area (Å²) in [5.74, 6) is -4.57. The Bertz CT molecular complexity index is 673. The van der Waals surface area contributed by atoms with Crippen molar-refractivity contribution in [2.45, 2.75) is 43.2 Å². The molecule has 0 aromatic carbocycles. The van der Waals surface area contributed by atoms with Gasteiger partial charge in [-0.1, -0.05) is 5.16 Å². The van der Waals surface area contributed by atoms with E-state index in [-0.39, 0.29) is 30.6 Å². The third kappa shape index (κ3) is 4.45. The number of aliphatic hydroxyl groups excluding tert-OH is 1. The fourth-order valence-electron chi connectivity index (χ4n) is 3.22. The maximum Gasteiger partial charge on any atom is 0.329 e. The number of carbonyl (C=O) groups is 3. The summed E-state index contributed by atoms with van der Waals surface area (Å²) in [6, 6.07) is -2.36. The summed E-state index contributed by atoms with van der Waals surface area (Å²) in [5, 5.41) is 24.8. The van der Waals surface area contributed by atoms with E-state index in [1.165, 1.54) is 18.9 Å². The normalized spacial score (nSPS) is 27.1. The van der Waals surface area contributed by atoms with Gasteiger partial charge in [-0.05, 0) is 13.8 Å². The van der Waals surface area contributed by atoms with Crippen molar-refractivity contribution in [3.8, 4) is 0 Å². The molecule has 3 N–H and O–H groups in total. The average molecular weight is 454 g/mol.